The molecule has 1 amide bonds. The summed E-state index contributed by atoms with van der Waals surface area (Å²) in [5.74, 6) is -1.27. The Morgan fingerprint density at radius 3 is 2.74 bits per heavy atom. The predicted octanol–water partition coefficient (Wildman–Crippen LogP) is 3.03. The predicted molar refractivity (Wildman–Crippen MR) is 90.6 cm³/mol. The Balaban J connectivity index is 2.38. The molecule has 7 heteroatoms. The number of halogens is 1. The molecule has 0 aliphatic carbocycles. The second-order valence-electron chi connectivity index (χ2n) is 4.78. The zero-order valence-corrected chi connectivity index (χ0v) is 14.1. The van der Waals surface area contributed by atoms with Crippen molar-refractivity contribution < 1.29 is 14.7 Å². The zero-order valence-electron chi connectivity index (χ0n) is 12.5. The van der Waals surface area contributed by atoms with Gasteiger partial charge in [0.25, 0.3) is 5.91 Å². The van der Waals surface area contributed by atoms with Crippen molar-refractivity contribution in [1.29, 1.82) is 5.26 Å². The number of anilines is 1. The fourth-order valence-electron chi connectivity index (χ4n) is 1.76. The molecule has 1 aromatic rings. The van der Waals surface area contributed by atoms with Gasteiger partial charge in [0.05, 0.1) is 0 Å². The number of carboxylic acid groups (broad SMARTS) is 1. The van der Waals surface area contributed by atoms with E-state index in [4.69, 9.17) is 10.4 Å². The van der Waals surface area contributed by atoms with Crippen LogP contribution >= 0.6 is 15.9 Å². The summed E-state index contributed by atoms with van der Waals surface area (Å²) in [5.41, 5.74) is 0.740. The van der Waals surface area contributed by atoms with Crippen molar-refractivity contribution >= 4 is 33.5 Å². The fraction of sp³-hybridized carbons (Fsp3) is 0.312. The van der Waals surface area contributed by atoms with Gasteiger partial charge < -0.3 is 15.7 Å². The van der Waals surface area contributed by atoms with Crippen molar-refractivity contribution in [3.8, 4) is 6.07 Å². The first kappa shape index (κ1) is 18.7. The van der Waals surface area contributed by atoms with Crippen molar-refractivity contribution in [3.63, 3.8) is 0 Å². The minimum Gasteiger partial charge on any atom is -0.481 e. The van der Waals surface area contributed by atoms with Gasteiger partial charge in [0.2, 0.25) is 0 Å². The van der Waals surface area contributed by atoms with Gasteiger partial charge in [-0.15, -0.1) is 0 Å². The highest BCUT2D eigenvalue weighted by atomic mass is 79.9. The maximum atomic E-state index is 11.9. The van der Waals surface area contributed by atoms with Crippen LogP contribution in [0.4, 0.5) is 5.69 Å². The summed E-state index contributed by atoms with van der Waals surface area (Å²) < 4.78 is 0.889. The smallest absolute Gasteiger partial charge is 0.303 e. The lowest BCUT2D eigenvalue weighted by Gasteiger charge is -2.05. The molecule has 1 aromatic carbocycles. The maximum Gasteiger partial charge on any atom is 0.303 e. The third-order valence-electron chi connectivity index (χ3n) is 2.93. The monoisotopic (exact) mass is 379 g/mol. The molecule has 0 aliphatic rings. The van der Waals surface area contributed by atoms with Crippen LogP contribution in [-0.2, 0) is 9.59 Å². The molecule has 23 heavy (non-hydrogen) atoms. The van der Waals surface area contributed by atoms with Crippen molar-refractivity contribution in [1.82, 2.24) is 5.32 Å². The number of carbonyl (C=O) groups is 2. The number of hydrogen-bond acceptors (Lipinski definition) is 4. The van der Waals surface area contributed by atoms with Crippen molar-refractivity contribution in [2.45, 2.75) is 25.7 Å². The van der Waals surface area contributed by atoms with E-state index in [1.807, 2.05) is 30.3 Å². The molecular weight excluding hydrogens is 362 g/mol. The van der Waals surface area contributed by atoms with Gasteiger partial charge in [-0.1, -0.05) is 28.4 Å². The normalized spacial score (nSPS) is 10.7. The topological polar surface area (TPSA) is 102 Å². The van der Waals surface area contributed by atoms with Gasteiger partial charge in [-0.2, -0.15) is 5.26 Å². The molecule has 3 N–H and O–H groups in total. The molecule has 1 rings (SSSR count). The van der Waals surface area contributed by atoms with Crippen LogP contribution in [0.25, 0.3) is 0 Å². The Morgan fingerprint density at radius 1 is 1.30 bits per heavy atom. The largest absolute Gasteiger partial charge is 0.481 e. The standard InChI is InChI=1S/C16H18BrN3O3/c17-13-5-4-6-14(9-13)20-11-12(10-18)16(23)19-8-3-1-2-7-15(21)22/h4-6,9,11,20H,1-3,7-8H2,(H,19,23)(H,21,22)/b12-11-. The van der Waals surface area contributed by atoms with Crippen LogP contribution in [0.1, 0.15) is 25.7 Å². The first-order valence-corrected chi connectivity index (χ1v) is 7.94. The van der Waals surface area contributed by atoms with Gasteiger partial charge in [-0.25, -0.2) is 0 Å². The minimum atomic E-state index is -0.817. The summed E-state index contributed by atoms with van der Waals surface area (Å²) in [6.45, 7) is 0.411. The van der Waals surface area contributed by atoms with E-state index in [0.29, 0.717) is 25.8 Å². The summed E-state index contributed by atoms with van der Waals surface area (Å²) in [7, 11) is 0. The number of benzene rings is 1. The molecule has 6 nitrogen and oxygen atoms in total. The Kier molecular flexibility index (Phi) is 8.47. The van der Waals surface area contributed by atoms with Crippen LogP contribution in [0.15, 0.2) is 40.5 Å². The number of carbonyl (C=O) groups excluding carboxylic acids is 1. The number of nitriles is 1. The van der Waals surface area contributed by atoms with Crippen molar-refractivity contribution in [2.75, 3.05) is 11.9 Å². The first-order chi connectivity index (χ1) is 11.0. The molecule has 0 saturated heterocycles. The zero-order chi connectivity index (χ0) is 17.1. The molecule has 0 atom stereocenters. The van der Waals surface area contributed by atoms with Gasteiger partial charge in [-0.05, 0) is 31.0 Å². The molecule has 0 unspecified atom stereocenters. The highest BCUT2D eigenvalue weighted by Gasteiger charge is 2.07. The van der Waals surface area contributed by atoms with E-state index in [-0.39, 0.29) is 12.0 Å². The summed E-state index contributed by atoms with van der Waals surface area (Å²) in [5, 5.41) is 23.1. The molecule has 0 saturated carbocycles. The summed E-state index contributed by atoms with van der Waals surface area (Å²) >= 11 is 3.34. The lowest BCUT2D eigenvalue weighted by Crippen LogP contribution is -2.26. The molecule has 0 radical (unpaired) electrons. The van der Waals surface area contributed by atoms with Crippen LogP contribution in [0.5, 0.6) is 0 Å². The van der Waals surface area contributed by atoms with E-state index in [0.717, 1.165) is 10.2 Å². The molecule has 0 bridgehead atoms. The lowest BCUT2D eigenvalue weighted by atomic mass is 10.2. The number of aliphatic carboxylic acids is 1. The number of hydrogen-bond donors (Lipinski definition) is 3. The van der Waals surface area contributed by atoms with Gasteiger partial charge in [0, 0.05) is 29.3 Å². The van der Waals surface area contributed by atoms with Crippen LogP contribution in [0, 0.1) is 11.3 Å². The quantitative estimate of drug-likeness (QED) is 0.347. The number of nitrogens with zero attached hydrogens (tertiary/aromatic N) is 1. The molecule has 0 aliphatic heterocycles. The summed E-state index contributed by atoms with van der Waals surface area (Å²) in [6.07, 6.45) is 3.47. The third kappa shape index (κ3) is 8.02. The maximum absolute atomic E-state index is 11.9. The van der Waals surface area contributed by atoms with Gasteiger partial charge >= 0.3 is 5.97 Å². The van der Waals surface area contributed by atoms with Gasteiger partial charge in [-0.3, -0.25) is 9.59 Å². The summed E-state index contributed by atoms with van der Waals surface area (Å²) in [4.78, 5) is 22.2. The van der Waals surface area contributed by atoms with E-state index in [1.165, 1.54) is 6.20 Å². The second kappa shape index (κ2) is 10.4. The van der Waals surface area contributed by atoms with Gasteiger partial charge in [0.15, 0.2) is 0 Å². The Hall–Kier alpha value is -2.33. The number of unbranched alkanes of at least 4 members (excludes halogenated alkanes) is 2. The average Bonchev–Trinajstić information content (AvgIpc) is 2.51. The molecule has 0 fully saturated rings. The van der Waals surface area contributed by atoms with Crippen LogP contribution in [0.3, 0.4) is 0 Å². The van der Waals surface area contributed by atoms with Crippen molar-refractivity contribution in [2.24, 2.45) is 0 Å². The fourth-order valence-corrected chi connectivity index (χ4v) is 2.16. The Bertz CT molecular complexity index is 623. The number of nitrogens with one attached hydrogen (secondary N) is 2. The van der Waals surface area contributed by atoms with Crippen LogP contribution in [-0.4, -0.2) is 23.5 Å². The van der Waals surface area contributed by atoms with E-state index in [1.54, 1.807) is 0 Å². The minimum absolute atomic E-state index is 0.0180. The van der Waals surface area contributed by atoms with E-state index >= 15 is 0 Å². The second-order valence-corrected chi connectivity index (χ2v) is 5.70. The Labute approximate surface area is 143 Å². The highest BCUT2D eigenvalue weighted by Crippen LogP contribution is 2.15. The van der Waals surface area contributed by atoms with E-state index in [9.17, 15) is 9.59 Å². The molecule has 122 valence electrons. The highest BCUT2D eigenvalue weighted by molar-refractivity contribution is 9.10. The lowest BCUT2D eigenvalue weighted by molar-refractivity contribution is -0.137. The molecular formula is C16H18BrN3O3. The number of amides is 1. The SMILES string of the molecule is N#C/C(=C/Nc1cccc(Br)c1)C(=O)NCCCCCC(=O)O. The van der Waals surface area contributed by atoms with Crippen molar-refractivity contribution in [3.05, 3.63) is 40.5 Å². The molecule has 0 spiro atoms. The number of carboxylic acids is 1. The average molecular weight is 380 g/mol. The summed E-state index contributed by atoms with van der Waals surface area (Å²) in [6, 6.07) is 9.20. The van der Waals surface area contributed by atoms with E-state index < -0.39 is 11.9 Å². The number of rotatable bonds is 9. The molecule has 0 aromatic heterocycles. The van der Waals surface area contributed by atoms with Gasteiger partial charge in [0.1, 0.15) is 11.6 Å². The van der Waals surface area contributed by atoms with Crippen LogP contribution in [0.2, 0.25) is 0 Å². The first-order valence-electron chi connectivity index (χ1n) is 7.15. The van der Waals surface area contributed by atoms with Crippen LogP contribution < -0.4 is 10.6 Å². The molecule has 0 heterocycles. The van der Waals surface area contributed by atoms with E-state index in [2.05, 4.69) is 26.6 Å². The Morgan fingerprint density at radius 2 is 2.09 bits per heavy atom. The third-order valence-corrected chi connectivity index (χ3v) is 3.42.